The largest absolute Gasteiger partial charge is 0.465 e. The molecule has 152 valence electrons. The third-order valence-electron chi connectivity index (χ3n) is 5.86. The highest BCUT2D eigenvalue weighted by Gasteiger charge is 2.31. The van der Waals surface area contributed by atoms with Crippen molar-refractivity contribution in [1.29, 1.82) is 0 Å². The number of rotatable bonds is 4. The molecule has 2 aromatic heterocycles. The fourth-order valence-electron chi connectivity index (χ4n) is 4.50. The van der Waals surface area contributed by atoms with E-state index in [1.807, 2.05) is 4.57 Å². The number of anilines is 1. The Morgan fingerprint density at radius 2 is 1.89 bits per heavy atom. The zero-order valence-corrected chi connectivity index (χ0v) is 16.5. The lowest BCUT2D eigenvalue weighted by atomic mass is 9.94. The maximum atomic E-state index is 13.1. The third-order valence-corrected chi connectivity index (χ3v) is 5.86. The van der Waals surface area contributed by atoms with Gasteiger partial charge in [-0.15, -0.1) is 0 Å². The van der Waals surface area contributed by atoms with Crippen LogP contribution in [0.4, 0.5) is 5.95 Å². The number of fused-ring (bicyclic) bond motifs is 3. The minimum atomic E-state index is -0.594. The molecule has 4 rings (SSSR count). The topological polar surface area (TPSA) is 91.4 Å². The number of ether oxygens (including phenoxy) is 1. The van der Waals surface area contributed by atoms with Crippen molar-refractivity contribution in [3.8, 4) is 0 Å². The van der Waals surface area contributed by atoms with Crippen molar-refractivity contribution in [2.45, 2.75) is 64.6 Å². The van der Waals surface area contributed by atoms with E-state index in [9.17, 15) is 14.4 Å². The number of imidazole rings is 1. The molecule has 0 radical (unpaired) electrons. The fourth-order valence-corrected chi connectivity index (χ4v) is 4.50. The Morgan fingerprint density at radius 3 is 2.61 bits per heavy atom. The molecule has 2 aliphatic rings. The van der Waals surface area contributed by atoms with Crippen LogP contribution in [0.3, 0.4) is 0 Å². The summed E-state index contributed by atoms with van der Waals surface area (Å²) in [6, 6.07) is 0.434. The molecule has 0 N–H and O–H groups in total. The molecule has 0 aromatic carbocycles. The van der Waals surface area contributed by atoms with E-state index in [1.165, 1.54) is 23.8 Å². The van der Waals surface area contributed by atoms with Gasteiger partial charge in [-0.2, -0.15) is 4.98 Å². The van der Waals surface area contributed by atoms with E-state index in [0.29, 0.717) is 23.8 Å². The number of hydrogen-bond acceptors (Lipinski definition) is 6. The molecule has 0 unspecified atom stereocenters. The first kappa shape index (κ1) is 18.8. The van der Waals surface area contributed by atoms with Crippen molar-refractivity contribution in [2.24, 2.45) is 7.05 Å². The molecule has 1 fully saturated rings. The Hall–Kier alpha value is -2.58. The maximum Gasteiger partial charge on any atom is 0.333 e. The van der Waals surface area contributed by atoms with Crippen molar-refractivity contribution < 1.29 is 9.53 Å². The standard InChI is InChI=1S/C19H27N5O4/c1-3-28-14(25)12-24-17(26)15-16(21(2)19(24)27)20-18-22(10-7-11-23(15)18)13-8-5-4-6-9-13/h13H,3-12H2,1-2H3. The first-order chi connectivity index (χ1) is 13.5. The fraction of sp³-hybridized carbons (Fsp3) is 0.684. The lowest BCUT2D eigenvalue weighted by molar-refractivity contribution is -0.143. The zero-order valence-electron chi connectivity index (χ0n) is 16.5. The van der Waals surface area contributed by atoms with Crippen LogP contribution in [0, 0.1) is 0 Å². The molecule has 9 heteroatoms. The van der Waals surface area contributed by atoms with Crippen LogP contribution in [0.2, 0.25) is 0 Å². The molecule has 9 nitrogen and oxygen atoms in total. The van der Waals surface area contributed by atoms with Crippen LogP contribution in [-0.2, 0) is 29.7 Å². The first-order valence-electron chi connectivity index (χ1n) is 10.1. The van der Waals surface area contributed by atoms with Gasteiger partial charge in [0.05, 0.1) is 6.61 Å². The zero-order chi connectivity index (χ0) is 19.8. The van der Waals surface area contributed by atoms with Gasteiger partial charge in [0.2, 0.25) is 5.95 Å². The highest BCUT2D eigenvalue weighted by Crippen LogP contribution is 2.31. The van der Waals surface area contributed by atoms with Gasteiger partial charge in [-0.1, -0.05) is 19.3 Å². The van der Waals surface area contributed by atoms with Crippen LogP contribution in [0.5, 0.6) is 0 Å². The summed E-state index contributed by atoms with van der Waals surface area (Å²) in [4.78, 5) is 44.7. The van der Waals surface area contributed by atoms with Gasteiger partial charge in [-0.25, -0.2) is 9.36 Å². The lowest BCUT2D eigenvalue weighted by Crippen LogP contribution is -2.43. The number of nitrogens with zero attached hydrogens (tertiary/aromatic N) is 5. The van der Waals surface area contributed by atoms with Crippen LogP contribution in [0.15, 0.2) is 9.59 Å². The first-order valence-corrected chi connectivity index (χ1v) is 10.1. The number of carbonyl (C=O) groups excluding carboxylic acids is 1. The quantitative estimate of drug-likeness (QED) is 0.725. The van der Waals surface area contributed by atoms with Crippen LogP contribution in [0.25, 0.3) is 11.2 Å². The van der Waals surface area contributed by atoms with Crippen molar-refractivity contribution in [1.82, 2.24) is 18.7 Å². The highest BCUT2D eigenvalue weighted by atomic mass is 16.5. The predicted octanol–water partition coefficient (Wildman–Crippen LogP) is 1.00. The Bertz CT molecular complexity index is 1010. The van der Waals surface area contributed by atoms with Gasteiger partial charge < -0.3 is 14.2 Å². The van der Waals surface area contributed by atoms with E-state index in [1.54, 1.807) is 14.0 Å². The number of aromatic nitrogens is 4. The molecule has 3 heterocycles. The average Bonchev–Trinajstić information content (AvgIpc) is 3.10. The maximum absolute atomic E-state index is 13.1. The van der Waals surface area contributed by atoms with Gasteiger partial charge in [-0.3, -0.25) is 14.2 Å². The molecule has 1 saturated carbocycles. The number of aryl methyl sites for hydroxylation is 2. The van der Waals surface area contributed by atoms with Crippen LogP contribution < -0.4 is 16.1 Å². The van der Waals surface area contributed by atoms with Gasteiger partial charge in [0.1, 0.15) is 6.54 Å². The molecule has 1 aliphatic heterocycles. The van der Waals surface area contributed by atoms with Crippen molar-refractivity contribution >= 4 is 23.1 Å². The van der Waals surface area contributed by atoms with E-state index in [2.05, 4.69) is 4.90 Å². The Balaban J connectivity index is 1.84. The summed E-state index contributed by atoms with van der Waals surface area (Å²) < 4.78 is 9.16. The highest BCUT2D eigenvalue weighted by molar-refractivity contribution is 5.76. The minimum Gasteiger partial charge on any atom is -0.465 e. The second kappa shape index (κ2) is 7.44. The molecule has 0 saturated heterocycles. The van der Waals surface area contributed by atoms with E-state index >= 15 is 0 Å². The second-order valence-electron chi connectivity index (χ2n) is 7.61. The molecular weight excluding hydrogens is 362 g/mol. The molecule has 1 aliphatic carbocycles. The van der Waals surface area contributed by atoms with Gasteiger partial charge in [0, 0.05) is 26.2 Å². The SMILES string of the molecule is CCOC(=O)Cn1c(=O)c2c(nc3n2CCCN3C2CCCCC2)n(C)c1=O. The molecule has 0 amide bonds. The van der Waals surface area contributed by atoms with Crippen LogP contribution >= 0.6 is 0 Å². The second-order valence-corrected chi connectivity index (χ2v) is 7.61. The summed E-state index contributed by atoms with van der Waals surface area (Å²) in [5.41, 5.74) is -0.254. The molecular formula is C19H27N5O4. The predicted molar refractivity (Wildman–Crippen MR) is 105 cm³/mol. The van der Waals surface area contributed by atoms with E-state index in [-0.39, 0.29) is 13.2 Å². The normalized spacial score (nSPS) is 17.7. The van der Waals surface area contributed by atoms with Gasteiger partial charge >= 0.3 is 11.7 Å². The summed E-state index contributed by atoms with van der Waals surface area (Å²) in [6.07, 6.45) is 6.89. The van der Waals surface area contributed by atoms with Crippen molar-refractivity contribution in [3.63, 3.8) is 0 Å². The van der Waals surface area contributed by atoms with Crippen LogP contribution in [0.1, 0.15) is 45.4 Å². The summed E-state index contributed by atoms with van der Waals surface area (Å²) in [7, 11) is 1.59. The Kier molecular flexibility index (Phi) is 4.99. The van der Waals surface area contributed by atoms with E-state index in [4.69, 9.17) is 9.72 Å². The van der Waals surface area contributed by atoms with Crippen molar-refractivity contribution in [3.05, 3.63) is 20.8 Å². The number of carbonyl (C=O) groups is 1. The monoisotopic (exact) mass is 389 g/mol. The molecule has 0 bridgehead atoms. The van der Waals surface area contributed by atoms with E-state index < -0.39 is 17.2 Å². The Morgan fingerprint density at radius 1 is 1.14 bits per heavy atom. The Labute approximate surface area is 162 Å². The summed E-state index contributed by atoms with van der Waals surface area (Å²) in [5, 5.41) is 0. The van der Waals surface area contributed by atoms with Gasteiger partial charge in [0.25, 0.3) is 5.56 Å². The minimum absolute atomic E-state index is 0.203. The van der Waals surface area contributed by atoms with Gasteiger partial charge in [-0.05, 0) is 26.2 Å². The molecule has 0 spiro atoms. The summed E-state index contributed by atoms with van der Waals surface area (Å²) >= 11 is 0. The molecule has 2 aromatic rings. The lowest BCUT2D eigenvalue weighted by Gasteiger charge is -2.37. The summed E-state index contributed by atoms with van der Waals surface area (Å²) in [6.45, 7) is 3.10. The van der Waals surface area contributed by atoms with Gasteiger partial charge in [0.15, 0.2) is 11.2 Å². The smallest absolute Gasteiger partial charge is 0.333 e. The van der Waals surface area contributed by atoms with Crippen LogP contribution in [-0.4, -0.2) is 43.8 Å². The number of hydrogen-bond donors (Lipinski definition) is 0. The molecule has 28 heavy (non-hydrogen) atoms. The average molecular weight is 389 g/mol. The van der Waals surface area contributed by atoms with E-state index in [0.717, 1.165) is 36.3 Å². The molecule has 0 atom stereocenters. The third kappa shape index (κ3) is 3.02. The van der Waals surface area contributed by atoms with Crippen molar-refractivity contribution in [2.75, 3.05) is 18.1 Å². The number of esters is 1. The summed E-state index contributed by atoms with van der Waals surface area (Å²) in [5.74, 6) is 0.178.